The number of nitrogens with one attached hydrogen (secondary N) is 1. The van der Waals surface area contributed by atoms with Gasteiger partial charge in [0, 0.05) is 26.4 Å². The van der Waals surface area contributed by atoms with Gasteiger partial charge < -0.3 is 5.32 Å². The molecule has 0 radical (unpaired) electrons. The van der Waals surface area contributed by atoms with Crippen LogP contribution < -0.4 is 5.32 Å². The van der Waals surface area contributed by atoms with E-state index >= 15 is 0 Å². The van der Waals surface area contributed by atoms with Crippen molar-refractivity contribution in [1.29, 1.82) is 0 Å². The highest BCUT2D eigenvalue weighted by Crippen LogP contribution is 2.35. The molecule has 0 aliphatic carbocycles. The van der Waals surface area contributed by atoms with Crippen LogP contribution in [-0.2, 0) is 6.54 Å². The van der Waals surface area contributed by atoms with Crippen molar-refractivity contribution in [2.24, 2.45) is 5.92 Å². The van der Waals surface area contributed by atoms with E-state index in [-0.39, 0.29) is 5.82 Å². The molecule has 0 spiro atoms. The van der Waals surface area contributed by atoms with Gasteiger partial charge >= 0.3 is 0 Å². The van der Waals surface area contributed by atoms with Gasteiger partial charge in [-0.1, -0.05) is 43.8 Å². The van der Waals surface area contributed by atoms with Gasteiger partial charge in [-0.05, 0) is 52.7 Å². The highest BCUT2D eigenvalue weighted by atomic mass is 79.9. The van der Waals surface area contributed by atoms with Crippen LogP contribution in [0.2, 0.25) is 0 Å². The second kappa shape index (κ2) is 7.97. The second-order valence-electron chi connectivity index (χ2n) is 5.27. The average molecular weight is 368 g/mol. The first-order valence-electron chi connectivity index (χ1n) is 6.98. The van der Waals surface area contributed by atoms with Gasteiger partial charge in [0.15, 0.2) is 0 Å². The summed E-state index contributed by atoms with van der Waals surface area (Å²) in [5.74, 6) is 0.402. The quantitative estimate of drug-likeness (QED) is 0.724. The Morgan fingerprint density at radius 1 is 1.10 bits per heavy atom. The molecule has 0 fully saturated rings. The van der Waals surface area contributed by atoms with Gasteiger partial charge in [0.2, 0.25) is 0 Å². The van der Waals surface area contributed by atoms with Crippen LogP contribution in [0, 0.1) is 11.7 Å². The van der Waals surface area contributed by atoms with E-state index in [2.05, 4.69) is 35.1 Å². The Bertz CT molecular complexity index is 601. The van der Waals surface area contributed by atoms with Gasteiger partial charge in [-0.25, -0.2) is 4.39 Å². The monoisotopic (exact) mass is 367 g/mol. The molecular weight excluding hydrogens is 349 g/mol. The molecule has 0 saturated heterocycles. The molecule has 0 aliphatic rings. The van der Waals surface area contributed by atoms with Gasteiger partial charge in [-0.2, -0.15) is 0 Å². The van der Waals surface area contributed by atoms with Crippen LogP contribution in [0.3, 0.4) is 0 Å². The molecule has 2 aromatic carbocycles. The molecule has 0 amide bonds. The first kappa shape index (κ1) is 16.5. The van der Waals surface area contributed by atoms with Crippen molar-refractivity contribution in [2.75, 3.05) is 6.54 Å². The molecule has 0 aromatic heterocycles. The van der Waals surface area contributed by atoms with Crippen LogP contribution in [0.1, 0.15) is 19.4 Å². The van der Waals surface area contributed by atoms with Gasteiger partial charge in [-0.3, -0.25) is 0 Å². The van der Waals surface area contributed by atoms with Gasteiger partial charge in [0.25, 0.3) is 0 Å². The lowest BCUT2D eigenvalue weighted by Crippen LogP contribution is -2.20. The fourth-order valence-corrected chi connectivity index (χ4v) is 3.45. The third kappa shape index (κ3) is 4.83. The van der Waals surface area contributed by atoms with Gasteiger partial charge in [0.05, 0.1) is 0 Å². The maximum atomic E-state index is 14.1. The van der Waals surface area contributed by atoms with Crippen LogP contribution in [0.15, 0.2) is 56.7 Å². The summed E-state index contributed by atoms with van der Waals surface area (Å²) in [6, 6.07) is 13.3. The lowest BCUT2D eigenvalue weighted by atomic mass is 10.2. The minimum Gasteiger partial charge on any atom is -0.312 e. The van der Waals surface area contributed by atoms with Crippen LogP contribution in [0.5, 0.6) is 0 Å². The standard InChI is InChI=1S/C17H19BrFNS/c1-12(2)10-20-11-13-15(19)7-5-9-16(13)21-17-8-4-3-6-14(17)18/h3-9,12,20H,10-11H2,1-2H3. The summed E-state index contributed by atoms with van der Waals surface area (Å²) in [6.07, 6.45) is 0. The molecule has 112 valence electrons. The van der Waals surface area contributed by atoms with E-state index in [1.54, 1.807) is 17.8 Å². The summed E-state index contributed by atoms with van der Waals surface area (Å²) in [5.41, 5.74) is 0.735. The number of hydrogen-bond donors (Lipinski definition) is 1. The summed E-state index contributed by atoms with van der Waals surface area (Å²) < 4.78 is 15.1. The Labute approximate surface area is 138 Å². The highest BCUT2D eigenvalue weighted by molar-refractivity contribution is 9.10. The lowest BCUT2D eigenvalue weighted by Gasteiger charge is -2.13. The first-order chi connectivity index (χ1) is 10.1. The van der Waals surface area contributed by atoms with Crippen molar-refractivity contribution in [3.05, 3.63) is 58.3 Å². The fourth-order valence-electron chi connectivity index (χ4n) is 1.94. The van der Waals surface area contributed by atoms with Crippen molar-refractivity contribution in [3.63, 3.8) is 0 Å². The molecular formula is C17H19BrFNS. The lowest BCUT2D eigenvalue weighted by molar-refractivity contribution is 0.530. The van der Waals surface area contributed by atoms with Crippen LogP contribution >= 0.6 is 27.7 Å². The Hall–Kier alpha value is -0.840. The predicted molar refractivity (Wildman–Crippen MR) is 91.2 cm³/mol. The Kier molecular flexibility index (Phi) is 6.27. The van der Waals surface area contributed by atoms with E-state index < -0.39 is 0 Å². The number of rotatable bonds is 6. The van der Waals surface area contributed by atoms with Gasteiger partial charge in [0.1, 0.15) is 5.82 Å². The van der Waals surface area contributed by atoms with Crippen molar-refractivity contribution in [1.82, 2.24) is 5.32 Å². The third-order valence-electron chi connectivity index (χ3n) is 2.99. The molecule has 1 nitrogen and oxygen atoms in total. The minimum absolute atomic E-state index is 0.150. The largest absolute Gasteiger partial charge is 0.312 e. The number of benzene rings is 2. The van der Waals surface area contributed by atoms with E-state index in [1.807, 2.05) is 30.3 Å². The van der Waals surface area contributed by atoms with Gasteiger partial charge in [-0.15, -0.1) is 0 Å². The SMILES string of the molecule is CC(C)CNCc1c(F)cccc1Sc1ccccc1Br. The number of hydrogen-bond acceptors (Lipinski definition) is 2. The van der Waals surface area contributed by atoms with E-state index in [0.717, 1.165) is 26.4 Å². The maximum absolute atomic E-state index is 14.1. The molecule has 0 bridgehead atoms. The van der Waals surface area contributed by atoms with E-state index in [1.165, 1.54) is 6.07 Å². The van der Waals surface area contributed by atoms with Crippen LogP contribution in [-0.4, -0.2) is 6.54 Å². The molecule has 2 aromatic rings. The maximum Gasteiger partial charge on any atom is 0.128 e. The van der Waals surface area contributed by atoms with Crippen molar-refractivity contribution in [2.45, 2.75) is 30.2 Å². The molecule has 0 aliphatic heterocycles. The van der Waals surface area contributed by atoms with Crippen molar-refractivity contribution >= 4 is 27.7 Å². The van der Waals surface area contributed by atoms with Crippen molar-refractivity contribution in [3.8, 4) is 0 Å². The second-order valence-corrected chi connectivity index (χ2v) is 7.21. The summed E-state index contributed by atoms with van der Waals surface area (Å²) in [6.45, 7) is 5.72. The zero-order chi connectivity index (χ0) is 15.2. The predicted octanol–water partition coefficient (Wildman–Crippen LogP) is 5.49. The molecule has 1 N–H and O–H groups in total. The topological polar surface area (TPSA) is 12.0 Å². The van der Waals surface area contributed by atoms with Crippen LogP contribution in [0.25, 0.3) is 0 Å². The summed E-state index contributed by atoms with van der Waals surface area (Å²) in [7, 11) is 0. The van der Waals surface area contributed by atoms with E-state index in [9.17, 15) is 4.39 Å². The molecule has 21 heavy (non-hydrogen) atoms. The zero-order valence-corrected chi connectivity index (χ0v) is 14.6. The Morgan fingerprint density at radius 3 is 2.52 bits per heavy atom. The molecule has 0 heterocycles. The summed E-state index contributed by atoms with van der Waals surface area (Å²) in [5, 5.41) is 3.32. The zero-order valence-electron chi connectivity index (χ0n) is 12.2. The summed E-state index contributed by atoms with van der Waals surface area (Å²) in [4.78, 5) is 2.05. The third-order valence-corrected chi connectivity index (χ3v) is 5.12. The van der Waals surface area contributed by atoms with E-state index in [0.29, 0.717) is 12.5 Å². The molecule has 0 unspecified atom stereocenters. The van der Waals surface area contributed by atoms with Crippen molar-refractivity contribution < 1.29 is 4.39 Å². The Morgan fingerprint density at radius 2 is 1.81 bits per heavy atom. The smallest absolute Gasteiger partial charge is 0.128 e. The molecule has 4 heteroatoms. The normalized spacial score (nSPS) is 11.1. The average Bonchev–Trinajstić information content (AvgIpc) is 2.44. The Balaban J connectivity index is 2.19. The number of halogens is 2. The van der Waals surface area contributed by atoms with Crippen LogP contribution in [0.4, 0.5) is 4.39 Å². The summed E-state index contributed by atoms with van der Waals surface area (Å²) >= 11 is 5.13. The van der Waals surface area contributed by atoms with E-state index in [4.69, 9.17) is 0 Å². The first-order valence-corrected chi connectivity index (χ1v) is 8.59. The molecule has 0 saturated carbocycles. The molecule has 2 rings (SSSR count). The minimum atomic E-state index is -0.150. The fraction of sp³-hybridized carbons (Fsp3) is 0.294. The highest BCUT2D eigenvalue weighted by Gasteiger charge is 2.11. The molecule has 0 atom stereocenters.